The number of nitrogens with one attached hydrogen (secondary N) is 3. The second kappa shape index (κ2) is 9.45. The van der Waals surface area contributed by atoms with Gasteiger partial charge in [0.15, 0.2) is 0 Å². The summed E-state index contributed by atoms with van der Waals surface area (Å²) in [5.41, 5.74) is 4.79. The van der Waals surface area contributed by atoms with Crippen LogP contribution in [-0.4, -0.2) is 44.5 Å². The van der Waals surface area contributed by atoms with Gasteiger partial charge in [0.05, 0.1) is 11.8 Å². The zero-order chi connectivity index (χ0) is 24.5. The van der Waals surface area contributed by atoms with Crippen LogP contribution in [-0.2, 0) is 16.0 Å². The third-order valence-electron chi connectivity index (χ3n) is 6.87. The molecule has 3 N–H and O–H groups in total. The first-order chi connectivity index (χ1) is 16.2. The number of carbonyl (C=O) groups is 2. The summed E-state index contributed by atoms with van der Waals surface area (Å²) >= 11 is 0. The van der Waals surface area contributed by atoms with Gasteiger partial charge in [-0.15, -0.1) is 0 Å². The summed E-state index contributed by atoms with van der Waals surface area (Å²) in [7, 11) is 3.77. The van der Waals surface area contributed by atoms with Crippen LogP contribution < -0.4 is 21.0 Å². The molecule has 0 bridgehead atoms. The molecule has 0 unspecified atom stereocenters. The molecule has 2 heterocycles. The lowest BCUT2D eigenvalue weighted by molar-refractivity contribution is -0.125. The van der Waals surface area contributed by atoms with Crippen LogP contribution in [0.3, 0.4) is 0 Å². The quantitative estimate of drug-likeness (QED) is 0.418. The minimum atomic E-state index is -0.263. The number of aryl methyl sites for hydroxylation is 1. The summed E-state index contributed by atoms with van der Waals surface area (Å²) in [5, 5.41) is 13.5. The first-order valence-corrected chi connectivity index (χ1v) is 11.8. The third kappa shape index (κ3) is 4.91. The smallest absolute Gasteiger partial charge is 0.233 e. The van der Waals surface area contributed by atoms with Crippen molar-refractivity contribution in [3.63, 3.8) is 0 Å². The van der Waals surface area contributed by atoms with Crippen molar-refractivity contribution >= 4 is 48.4 Å². The van der Waals surface area contributed by atoms with Gasteiger partial charge in [-0.1, -0.05) is 30.6 Å². The van der Waals surface area contributed by atoms with Gasteiger partial charge in [-0.3, -0.25) is 9.59 Å². The van der Waals surface area contributed by atoms with E-state index in [4.69, 9.17) is 5.41 Å². The molecule has 0 radical (unpaired) electrons. The lowest BCUT2D eigenvalue weighted by Gasteiger charge is -2.23. The highest BCUT2D eigenvalue weighted by Crippen LogP contribution is 2.52. The van der Waals surface area contributed by atoms with Crippen LogP contribution in [0.25, 0.3) is 5.57 Å². The van der Waals surface area contributed by atoms with Crippen LogP contribution in [0.5, 0.6) is 0 Å². The number of rotatable bonds is 8. The molecule has 8 heteroatoms. The first-order valence-electron chi connectivity index (χ1n) is 11.8. The van der Waals surface area contributed by atoms with Crippen LogP contribution in [0.2, 0.25) is 0 Å². The maximum atomic E-state index is 13.2. The van der Waals surface area contributed by atoms with Crippen molar-refractivity contribution in [1.29, 1.82) is 5.41 Å². The number of amides is 2. The van der Waals surface area contributed by atoms with Gasteiger partial charge in [-0.2, -0.15) is 0 Å². The monoisotopic (exact) mass is 457 g/mol. The first kappa shape index (κ1) is 23.7. The Kier molecular flexibility index (Phi) is 6.59. The molecule has 4 rings (SSSR count). The molecule has 34 heavy (non-hydrogen) atoms. The number of aromatic nitrogens is 1. The van der Waals surface area contributed by atoms with Crippen molar-refractivity contribution in [2.75, 3.05) is 23.8 Å². The van der Waals surface area contributed by atoms with E-state index in [1.807, 2.05) is 43.9 Å². The second-order valence-corrected chi connectivity index (χ2v) is 9.72. The molecular weight excluding hydrogens is 425 g/mol. The highest BCUT2D eigenvalue weighted by atomic mass is 16.2. The van der Waals surface area contributed by atoms with E-state index in [2.05, 4.69) is 22.5 Å². The Labute approximate surface area is 202 Å². The number of hydrogen-bond donors (Lipinski definition) is 3. The molecule has 1 aromatic heterocycles. The highest BCUT2D eigenvalue weighted by Gasteiger charge is 2.52. The summed E-state index contributed by atoms with van der Waals surface area (Å²) in [6.45, 7) is 4.67. The summed E-state index contributed by atoms with van der Waals surface area (Å²) in [6.07, 6.45) is 6.39. The minimum absolute atomic E-state index is 0.176. The molecule has 2 aliphatic rings. The average molecular weight is 457 g/mol. The van der Waals surface area contributed by atoms with E-state index < -0.39 is 0 Å². The fraction of sp³-hybridized carbons (Fsp3) is 0.385. The number of anilines is 2. The summed E-state index contributed by atoms with van der Waals surface area (Å²) in [6, 6.07) is 9.60. The summed E-state index contributed by atoms with van der Waals surface area (Å²) < 4.78 is 0. The standard InChI is InChI=1S/C26H32BN5O2/c1-16-8-22(32-7-6-26(2,25(32)34)20-4-5-20)13-23(30-16)31-24(33)11-17-9-18(12-21(27)10-17)19(14-28)15-29-3/h8-10,12-15,20,28-29H,4-7,11,27H2,1-3H3,(H,30,31,33)/b19-15+,28-14?/t26-/m0/s1. The number of carbonyl (C=O) groups excluding carboxylic acids is 2. The molecule has 2 aromatic rings. The molecule has 0 spiro atoms. The van der Waals surface area contributed by atoms with Gasteiger partial charge < -0.3 is 20.9 Å². The van der Waals surface area contributed by atoms with Gasteiger partial charge in [0.25, 0.3) is 0 Å². The molecule has 7 nitrogen and oxygen atoms in total. The van der Waals surface area contributed by atoms with E-state index in [0.717, 1.165) is 52.8 Å². The third-order valence-corrected chi connectivity index (χ3v) is 6.87. The molecule has 1 aliphatic heterocycles. The maximum absolute atomic E-state index is 13.2. The van der Waals surface area contributed by atoms with E-state index in [1.54, 1.807) is 19.3 Å². The topological polar surface area (TPSA) is 98.2 Å². The predicted molar refractivity (Wildman–Crippen MR) is 140 cm³/mol. The molecular formula is C26H32BN5O2. The average Bonchev–Trinajstić information content (AvgIpc) is 3.58. The van der Waals surface area contributed by atoms with Crippen LogP contribution in [0.15, 0.2) is 36.5 Å². The molecule has 2 fully saturated rings. The Bertz CT molecular complexity index is 1170. The van der Waals surface area contributed by atoms with E-state index in [-0.39, 0.29) is 23.7 Å². The Morgan fingerprint density at radius 2 is 2.06 bits per heavy atom. The molecule has 1 aromatic carbocycles. The van der Waals surface area contributed by atoms with Gasteiger partial charge in [0.2, 0.25) is 11.8 Å². The van der Waals surface area contributed by atoms with E-state index in [1.165, 1.54) is 6.21 Å². The Morgan fingerprint density at radius 3 is 2.74 bits per heavy atom. The number of hydrogen-bond acceptors (Lipinski definition) is 5. The Balaban J connectivity index is 1.50. The summed E-state index contributed by atoms with van der Waals surface area (Å²) in [4.78, 5) is 32.4. The molecule has 2 amide bonds. The molecule has 1 aliphatic carbocycles. The van der Waals surface area contributed by atoms with Gasteiger partial charge >= 0.3 is 0 Å². The fourth-order valence-corrected chi connectivity index (χ4v) is 4.94. The molecule has 1 saturated heterocycles. The van der Waals surface area contributed by atoms with E-state index in [9.17, 15) is 9.59 Å². The van der Waals surface area contributed by atoms with Crippen molar-refractivity contribution in [3.05, 3.63) is 53.4 Å². The number of allylic oxidation sites excluding steroid dienone is 1. The maximum Gasteiger partial charge on any atom is 0.233 e. The van der Waals surface area contributed by atoms with Gasteiger partial charge in [0.1, 0.15) is 13.7 Å². The SMILES string of the molecule is Bc1cc(CC(=O)Nc2cc(N3CC[C@@](C)(C4CC4)C3=O)cc(C)n2)cc(/C(C=N)=C/NC)c1. The van der Waals surface area contributed by atoms with Crippen molar-refractivity contribution in [1.82, 2.24) is 10.3 Å². The van der Waals surface area contributed by atoms with Crippen molar-refractivity contribution in [2.24, 2.45) is 11.3 Å². The van der Waals surface area contributed by atoms with Crippen LogP contribution in [0.1, 0.15) is 43.0 Å². The van der Waals surface area contributed by atoms with Crippen LogP contribution in [0.4, 0.5) is 11.5 Å². The minimum Gasteiger partial charge on any atom is -0.393 e. The zero-order valence-electron chi connectivity index (χ0n) is 20.4. The summed E-state index contributed by atoms with van der Waals surface area (Å²) in [5.74, 6) is 0.963. The largest absolute Gasteiger partial charge is 0.393 e. The van der Waals surface area contributed by atoms with Gasteiger partial charge in [-0.25, -0.2) is 4.98 Å². The number of benzene rings is 1. The normalized spacial score (nSPS) is 20.4. The van der Waals surface area contributed by atoms with Crippen LogP contribution in [0, 0.1) is 23.7 Å². The fourth-order valence-electron chi connectivity index (χ4n) is 4.94. The van der Waals surface area contributed by atoms with Crippen molar-refractivity contribution < 1.29 is 9.59 Å². The van der Waals surface area contributed by atoms with Crippen molar-refractivity contribution in [2.45, 2.75) is 39.5 Å². The predicted octanol–water partition coefficient (Wildman–Crippen LogP) is 2.19. The number of pyridine rings is 1. The van der Waals surface area contributed by atoms with Crippen LogP contribution >= 0.6 is 0 Å². The molecule has 176 valence electrons. The van der Waals surface area contributed by atoms with Crippen molar-refractivity contribution in [3.8, 4) is 0 Å². The number of nitrogens with zero attached hydrogens (tertiary/aromatic N) is 2. The Hall–Kier alpha value is -3.42. The molecule has 1 atom stereocenters. The van der Waals surface area contributed by atoms with Gasteiger partial charge in [-0.05, 0) is 49.3 Å². The lowest BCUT2D eigenvalue weighted by Crippen LogP contribution is -2.34. The van der Waals surface area contributed by atoms with E-state index in [0.29, 0.717) is 18.3 Å². The highest BCUT2D eigenvalue weighted by molar-refractivity contribution is 6.32. The zero-order valence-corrected chi connectivity index (χ0v) is 20.4. The second-order valence-electron chi connectivity index (χ2n) is 9.72. The Morgan fingerprint density at radius 1 is 1.29 bits per heavy atom. The van der Waals surface area contributed by atoms with E-state index >= 15 is 0 Å². The molecule has 1 saturated carbocycles. The van der Waals surface area contributed by atoms with Gasteiger partial charge in [0, 0.05) is 49.0 Å². The lowest BCUT2D eigenvalue weighted by atomic mass is 9.83.